The Morgan fingerprint density at radius 1 is 1.31 bits per heavy atom. The van der Waals surface area contributed by atoms with Crippen LogP contribution in [0.15, 0.2) is 22.7 Å². The highest BCUT2D eigenvalue weighted by Gasteiger charge is 2.37. The molecule has 29 heavy (non-hydrogen) atoms. The number of aromatic hydroxyl groups is 1. The van der Waals surface area contributed by atoms with Crippen molar-refractivity contribution in [2.75, 3.05) is 13.7 Å². The lowest BCUT2D eigenvalue weighted by Crippen LogP contribution is -2.41. The van der Waals surface area contributed by atoms with Crippen molar-refractivity contribution in [2.24, 2.45) is 0 Å². The predicted octanol–water partition coefficient (Wildman–Crippen LogP) is 5.81. The molecule has 2 aromatic rings. The minimum absolute atomic E-state index is 0.0865. The van der Waals surface area contributed by atoms with E-state index >= 15 is 0 Å². The van der Waals surface area contributed by atoms with Crippen LogP contribution in [0, 0.1) is 0 Å². The standard InChI is InChI=1S/C22H29BrO5Si/c1-22(2,3)29(5,6)27-10-9-15-12-14-11-13-7-8-16(23)20(26-4)17(13)19(24)18(14)21(25)28-15/h7-8,11,15,24H,9-10,12H2,1-6H3/t15-/m1/s1. The molecule has 0 bridgehead atoms. The zero-order valence-electron chi connectivity index (χ0n) is 17.9. The molecule has 1 aliphatic rings. The second-order valence-electron chi connectivity index (χ2n) is 9.07. The van der Waals surface area contributed by atoms with Gasteiger partial charge in [-0.25, -0.2) is 4.79 Å². The average Bonchev–Trinajstić information content (AvgIpc) is 2.60. The van der Waals surface area contributed by atoms with Crippen molar-refractivity contribution in [1.82, 2.24) is 0 Å². The van der Waals surface area contributed by atoms with E-state index in [1.54, 1.807) is 0 Å². The Hall–Kier alpha value is -1.57. The van der Waals surface area contributed by atoms with E-state index in [4.69, 9.17) is 13.9 Å². The Morgan fingerprint density at radius 2 is 2.00 bits per heavy atom. The molecule has 0 unspecified atom stereocenters. The number of cyclic esters (lactones) is 1. The molecule has 7 heteroatoms. The Kier molecular flexibility index (Phi) is 6.05. The first-order valence-electron chi connectivity index (χ1n) is 9.82. The van der Waals surface area contributed by atoms with Crippen molar-refractivity contribution >= 4 is 41.0 Å². The first kappa shape index (κ1) is 22.1. The number of phenols is 1. The summed E-state index contributed by atoms with van der Waals surface area (Å²) in [6.07, 6.45) is 0.943. The summed E-state index contributed by atoms with van der Waals surface area (Å²) in [6, 6.07) is 5.72. The summed E-state index contributed by atoms with van der Waals surface area (Å²) in [4.78, 5) is 12.7. The molecule has 3 rings (SSSR count). The van der Waals surface area contributed by atoms with Crippen LogP contribution in [-0.4, -0.2) is 39.2 Å². The van der Waals surface area contributed by atoms with Gasteiger partial charge in [0.25, 0.3) is 0 Å². The van der Waals surface area contributed by atoms with E-state index < -0.39 is 14.3 Å². The maximum Gasteiger partial charge on any atom is 0.342 e. The summed E-state index contributed by atoms with van der Waals surface area (Å²) in [5.74, 6) is -0.0814. The highest BCUT2D eigenvalue weighted by molar-refractivity contribution is 9.10. The SMILES string of the molecule is COc1c(Br)ccc2cc3c(c(O)c12)C(=O)O[C@H](CCO[Si](C)(C)C(C)(C)C)C3. The van der Waals surface area contributed by atoms with Crippen molar-refractivity contribution in [3.05, 3.63) is 33.8 Å². The van der Waals surface area contributed by atoms with Crippen LogP contribution in [0.5, 0.6) is 11.5 Å². The fourth-order valence-electron chi connectivity index (χ4n) is 3.38. The minimum atomic E-state index is -1.84. The number of rotatable bonds is 5. The molecule has 5 nitrogen and oxygen atoms in total. The number of carbonyl (C=O) groups excluding carboxylic acids is 1. The molecule has 1 atom stereocenters. The maximum atomic E-state index is 12.7. The minimum Gasteiger partial charge on any atom is -0.506 e. The zero-order valence-corrected chi connectivity index (χ0v) is 20.5. The molecule has 0 fully saturated rings. The van der Waals surface area contributed by atoms with Crippen LogP contribution < -0.4 is 4.74 Å². The largest absolute Gasteiger partial charge is 0.506 e. The molecule has 0 amide bonds. The number of hydrogen-bond donors (Lipinski definition) is 1. The van der Waals surface area contributed by atoms with Gasteiger partial charge in [0.2, 0.25) is 0 Å². The van der Waals surface area contributed by atoms with Crippen LogP contribution in [0.4, 0.5) is 0 Å². The van der Waals surface area contributed by atoms with Crippen LogP contribution in [0.3, 0.4) is 0 Å². The van der Waals surface area contributed by atoms with Gasteiger partial charge in [-0.3, -0.25) is 0 Å². The monoisotopic (exact) mass is 480 g/mol. The lowest BCUT2D eigenvalue weighted by molar-refractivity contribution is 0.0199. The van der Waals surface area contributed by atoms with E-state index in [0.29, 0.717) is 35.1 Å². The van der Waals surface area contributed by atoms with E-state index in [-0.39, 0.29) is 22.5 Å². The van der Waals surface area contributed by atoms with Crippen molar-refractivity contribution in [1.29, 1.82) is 0 Å². The molecule has 0 spiro atoms. The van der Waals surface area contributed by atoms with Gasteiger partial charge < -0.3 is 19.0 Å². The zero-order chi connectivity index (χ0) is 21.6. The summed E-state index contributed by atoms with van der Waals surface area (Å²) >= 11 is 3.43. The molecule has 158 valence electrons. The number of esters is 1. The molecule has 0 aromatic heterocycles. The number of phenolic OH excluding ortho intramolecular Hbond substituents is 1. The molecule has 0 saturated carbocycles. The van der Waals surface area contributed by atoms with Crippen molar-refractivity contribution in [3.8, 4) is 11.5 Å². The van der Waals surface area contributed by atoms with Gasteiger partial charge in [0.1, 0.15) is 23.2 Å². The normalized spacial score (nSPS) is 17.2. The topological polar surface area (TPSA) is 65.0 Å². The van der Waals surface area contributed by atoms with E-state index in [1.165, 1.54) is 7.11 Å². The molecular weight excluding hydrogens is 452 g/mol. The summed E-state index contributed by atoms with van der Waals surface area (Å²) in [7, 11) is -0.301. The molecule has 0 radical (unpaired) electrons. The fourth-order valence-corrected chi connectivity index (χ4v) is 4.94. The van der Waals surface area contributed by atoms with Gasteiger partial charge in [-0.2, -0.15) is 0 Å². The smallest absolute Gasteiger partial charge is 0.342 e. The second kappa shape index (κ2) is 7.93. The van der Waals surface area contributed by atoms with Gasteiger partial charge >= 0.3 is 5.97 Å². The van der Waals surface area contributed by atoms with E-state index in [9.17, 15) is 9.90 Å². The Balaban J connectivity index is 1.84. The first-order valence-corrected chi connectivity index (χ1v) is 13.5. The first-order chi connectivity index (χ1) is 13.5. The van der Waals surface area contributed by atoms with Crippen molar-refractivity contribution in [3.63, 3.8) is 0 Å². The predicted molar refractivity (Wildman–Crippen MR) is 121 cm³/mol. The number of methoxy groups -OCH3 is 1. The average molecular weight is 481 g/mol. The van der Waals surface area contributed by atoms with Gasteiger partial charge in [0, 0.05) is 19.4 Å². The number of carbonyl (C=O) groups is 1. The molecule has 0 saturated heterocycles. The van der Waals surface area contributed by atoms with Crippen LogP contribution in [0.2, 0.25) is 18.1 Å². The lowest BCUT2D eigenvalue weighted by atomic mass is 9.92. The third-order valence-electron chi connectivity index (χ3n) is 6.10. The fraction of sp³-hybridized carbons (Fsp3) is 0.500. The number of fused-ring (bicyclic) bond motifs is 2. The lowest BCUT2D eigenvalue weighted by Gasteiger charge is -2.36. The Labute approximate surface area is 181 Å². The highest BCUT2D eigenvalue weighted by atomic mass is 79.9. The number of ether oxygens (including phenoxy) is 2. The van der Waals surface area contributed by atoms with E-state index in [1.807, 2.05) is 18.2 Å². The molecular formula is C22H29BrO5Si. The van der Waals surface area contributed by atoms with Crippen LogP contribution in [-0.2, 0) is 15.6 Å². The molecule has 2 aromatic carbocycles. The molecule has 1 heterocycles. The Bertz CT molecular complexity index is 949. The van der Waals surface area contributed by atoms with E-state index in [0.717, 1.165) is 10.9 Å². The summed E-state index contributed by atoms with van der Waals surface area (Å²) in [6.45, 7) is 11.6. The summed E-state index contributed by atoms with van der Waals surface area (Å²) in [5, 5.41) is 12.3. The third kappa shape index (κ3) is 4.18. The molecule has 0 aliphatic carbocycles. The van der Waals surface area contributed by atoms with Crippen molar-refractivity contribution < 1.29 is 23.8 Å². The third-order valence-corrected chi connectivity index (χ3v) is 11.3. The van der Waals surface area contributed by atoms with Crippen molar-refractivity contribution in [2.45, 2.75) is 57.8 Å². The van der Waals surface area contributed by atoms with Gasteiger partial charge in [0.05, 0.1) is 17.0 Å². The highest BCUT2D eigenvalue weighted by Crippen LogP contribution is 2.43. The van der Waals surface area contributed by atoms with Gasteiger partial charge in [-0.15, -0.1) is 0 Å². The second-order valence-corrected chi connectivity index (χ2v) is 14.7. The summed E-state index contributed by atoms with van der Waals surface area (Å²) in [5.41, 5.74) is 1.03. The van der Waals surface area contributed by atoms with Gasteiger partial charge in [-0.1, -0.05) is 26.8 Å². The maximum absolute atomic E-state index is 12.7. The quantitative estimate of drug-likeness (QED) is 0.431. The van der Waals surface area contributed by atoms with Crippen LogP contribution in [0.25, 0.3) is 10.8 Å². The van der Waals surface area contributed by atoms with Gasteiger partial charge in [-0.05, 0) is 57.1 Å². The molecule has 1 N–H and O–H groups in total. The van der Waals surface area contributed by atoms with Crippen LogP contribution in [0.1, 0.15) is 43.1 Å². The number of hydrogen-bond acceptors (Lipinski definition) is 5. The van der Waals surface area contributed by atoms with Crippen LogP contribution >= 0.6 is 15.9 Å². The van der Waals surface area contributed by atoms with Gasteiger partial charge in [0.15, 0.2) is 8.32 Å². The summed E-state index contributed by atoms with van der Waals surface area (Å²) < 4.78 is 18.0. The Morgan fingerprint density at radius 3 is 2.62 bits per heavy atom. The number of halogens is 1. The van der Waals surface area contributed by atoms with E-state index in [2.05, 4.69) is 49.8 Å². The number of benzene rings is 2. The molecule has 1 aliphatic heterocycles.